The van der Waals surface area contributed by atoms with Crippen LogP contribution in [0.4, 0.5) is 0 Å². The van der Waals surface area contributed by atoms with Gasteiger partial charge in [0.1, 0.15) is 12.2 Å². The molecule has 1 saturated heterocycles. The van der Waals surface area contributed by atoms with Crippen molar-refractivity contribution in [3.8, 4) is 0 Å². The van der Waals surface area contributed by atoms with E-state index in [0.29, 0.717) is 32.8 Å². The lowest BCUT2D eigenvalue weighted by Gasteiger charge is -2.39. The molecule has 34 heavy (non-hydrogen) atoms. The molecular weight excluding hydrogens is 446 g/mol. The van der Waals surface area contributed by atoms with E-state index in [1.807, 2.05) is 91.0 Å². The lowest BCUT2D eigenvalue weighted by molar-refractivity contribution is -0.212. The van der Waals surface area contributed by atoms with Gasteiger partial charge in [0.15, 0.2) is 6.23 Å². The zero-order chi connectivity index (χ0) is 23.4. The van der Waals surface area contributed by atoms with Gasteiger partial charge in [0.2, 0.25) is 0 Å². The molecule has 4 atom stereocenters. The number of thiocarbonyl (C=S) groups is 1. The van der Waals surface area contributed by atoms with Gasteiger partial charge in [-0.15, -0.1) is 0 Å². The van der Waals surface area contributed by atoms with E-state index >= 15 is 0 Å². The Hall–Kier alpha value is -2.70. The Bertz CT molecular complexity index is 1030. The van der Waals surface area contributed by atoms with Crippen LogP contribution in [0.5, 0.6) is 0 Å². The third kappa shape index (κ3) is 7.40. The Kier molecular flexibility index (Phi) is 9.52. The molecular formula is C28H29NO4S. The monoisotopic (exact) mass is 475 g/mol. The van der Waals surface area contributed by atoms with Crippen molar-refractivity contribution in [1.82, 2.24) is 0 Å². The van der Waals surface area contributed by atoms with Crippen molar-refractivity contribution in [2.24, 2.45) is 4.99 Å². The van der Waals surface area contributed by atoms with Crippen molar-refractivity contribution in [3.05, 3.63) is 108 Å². The number of benzene rings is 3. The topological polar surface area (TPSA) is 49.3 Å². The first-order valence-electron chi connectivity index (χ1n) is 11.5. The van der Waals surface area contributed by atoms with Gasteiger partial charge in [-0.1, -0.05) is 91.0 Å². The molecule has 0 radical (unpaired) electrons. The zero-order valence-corrected chi connectivity index (χ0v) is 19.8. The molecule has 5 nitrogen and oxygen atoms in total. The second-order valence-electron chi connectivity index (χ2n) is 8.19. The minimum atomic E-state index is -0.553. The van der Waals surface area contributed by atoms with Crippen LogP contribution < -0.4 is 0 Å². The summed E-state index contributed by atoms with van der Waals surface area (Å²) in [7, 11) is 0. The van der Waals surface area contributed by atoms with Crippen LogP contribution in [0.25, 0.3) is 0 Å². The summed E-state index contributed by atoms with van der Waals surface area (Å²) in [6.45, 7) is 1.82. The quantitative estimate of drug-likeness (QED) is 0.267. The summed E-state index contributed by atoms with van der Waals surface area (Å²) in [5.74, 6) is 0. The molecule has 0 bridgehead atoms. The Labute approximate surface area is 206 Å². The van der Waals surface area contributed by atoms with Crippen molar-refractivity contribution >= 4 is 17.4 Å². The van der Waals surface area contributed by atoms with Gasteiger partial charge >= 0.3 is 0 Å². The van der Waals surface area contributed by atoms with Crippen LogP contribution in [0.3, 0.4) is 0 Å². The predicted molar refractivity (Wildman–Crippen MR) is 134 cm³/mol. The summed E-state index contributed by atoms with van der Waals surface area (Å²) < 4.78 is 24.8. The number of rotatable bonds is 11. The Morgan fingerprint density at radius 3 is 1.76 bits per heavy atom. The summed E-state index contributed by atoms with van der Waals surface area (Å²) in [5, 5.41) is 2.46. The lowest BCUT2D eigenvalue weighted by atomic mass is 10.0. The molecule has 3 aromatic rings. The highest BCUT2D eigenvalue weighted by Crippen LogP contribution is 2.28. The van der Waals surface area contributed by atoms with Crippen molar-refractivity contribution in [2.45, 2.75) is 50.8 Å². The average Bonchev–Trinajstić information content (AvgIpc) is 2.89. The molecule has 0 aliphatic carbocycles. The third-order valence-electron chi connectivity index (χ3n) is 5.70. The number of ether oxygens (including phenoxy) is 4. The fourth-order valence-corrected chi connectivity index (χ4v) is 4.02. The summed E-state index contributed by atoms with van der Waals surface area (Å²) in [6, 6.07) is 30.2. The van der Waals surface area contributed by atoms with Crippen LogP contribution in [-0.4, -0.2) is 36.3 Å². The van der Waals surface area contributed by atoms with E-state index in [9.17, 15) is 0 Å². The average molecular weight is 476 g/mol. The maximum absolute atomic E-state index is 6.32. The van der Waals surface area contributed by atoms with Crippen LogP contribution >= 0.6 is 12.2 Å². The first-order chi connectivity index (χ1) is 16.8. The summed E-state index contributed by atoms with van der Waals surface area (Å²) in [6.07, 6.45) is -0.760. The van der Waals surface area contributed by atoms with Crippen molar-refractivity contribution in [3.63, 3.8) is 0 Å². The SMILES string of the molecule is S=C=N[C@H]1O[C@H](COCc2ccccc2)[C@@H](OCc2ccccc2)C[C@H]1OCc1ccccc1. The maximum atomic E-state index is 6.32. The molecule has 0 amide bonds. The summed E-state index contributed by atoms with van der Waals surface area (Å²) in [5.41, 5.74) is 3.30. The second-order valence-corrected chi connectivity index (χ2v) is 8.37. The fraction of sp³-hybridized carbons (Fsp3) is 0.321. The molecule has 0 spiro atoms. The zero-order valence-electron chi connectivity index (χ0n) is 19.0. The molecule has 1 aliphatic rings. The van der Waals surface area contributed by atoms with E-state index in [1.54, 1.807) is 0 Å². The maximum Gasteiger partial charge on any atom is 0.184 e. The lowest BCUT2D eigenvalue weighted by Crippen LogP contribution is -2.50. The molecule has 3 aromatic carbocycles. The molecule has 0 N–H and O–H groups in total. The first-order valence-corrected chi connectivity index (χ1v) is 11.9. The van der Waals surface area contributed by atoms with Crippen molar-refractivity contribution in [1.29, 1.82) is 0 Å². The number of nitrogens with zero attached hydrogens (tertiary/aromatic N) is 1. The van der Waals surface area contributed by atoms with Gasteiger partial charge in [0.25, 0.3) is 0 Å². The van der Waals surface area contributed by atoms with Crippen LogP contribution in [-0.2, 0) is 38.8 Å². The van der Waals surface area contributed by atoms with Crippen molar-refractivity contribution < 1.29 is 18.9 Å². The molecule has 176 valence electrons. The Balaban J connectivity index is 1.42. The molecule has 4 rings (SSSR count). The molecule has 6 heteroatoms. The van der Waals surface area contributed by atoms with E-state index in [-0.39, 0.29) is 18.3 Å². The standard InChI is InChI=1S/C28H29NO4S/c34-21-29-28-26(32-19-24-14-8-3-9-15-24)16-25(31-18-23-12-6-2-7-13-23)27(33-28)20-30-17-22-10-4-1-5-11-22/h1-15,25-28H,16-20H2/t25-,26+,27+,28-/m0/s1. The van der Waals surface area contributed by atoms with E-state index in [0.717, 1.165) is 16.7 Å². The molecule has 1 heterocycles. The van der Waals surface area contributed by atoms with E-state index in [1.165, 1.54) is 0 Å². The number of hydrogen-bond acceptors (Lipinski definition) is 6. The normalized spacial score (nSPS) is 22.1. The molecule has 0 unspecified atom stereocenters. The van der Waals surface area contributed by atoms with Gasteiger partial charge in [0.05, 0.1) is 37.7 Å². The molecule has 1 fully saturated rings. The summed E-state index contributed by atoms with van der Waals surface area (Å²) in [4.78, 5) is 4.25. The van der Waals surface area contributed by atoms with Gasteiger partial charge in [-0.05, 0) is 28.9 Å². The van der Waals surface area contributed by atoms with Gasteiger partial charge in [-0.2, -0.15) is 4.99 Å². The van der Waals surface area contributed by atoms with Gasteiger partial charge in [-0.25, -0.2) is 0 Å². The first kappa shape index (κ1) is 24.4. The highest BCUT2D eigenvalue weighted by Gasteiger charge is 2.39. The smallest absolute Gasteiger partial charge is 0.184 e. The highest BCUT2D eigenvalue weighted by atomic mass is 32.1. The molecule has 0 saturated carbocycles. The third-order valence-corrected chi connectivity index (χ3v) is 5.80. The predicted octanol–water partition coefficient (Wildman–Crippen LogP) is 5.59. The Morgan fingerprint density at radius 2 is 1.24 bits per heavy atom. The number of hydrogen-bond donors (Lipinski definition) is 0. The van der Waals surface area contributed by atoms with Gasteiger partial charge < -0.3 is 18.9 Å². The van der Waals surface area contributed by atoms with Crippen LogP contribution in [0.1, 0.15) is 23.1 Å². The van der Waals surface area contributed by atoms with Crippen LogP contribution in [0.15, 0.2) is 96.0 Å². The van der Waals surface area contributed by atoms with Crippen LogP contribution in [0, 0.1) is 0 Å². The van der Waals surface area contributed by atoms with Gasteiger partial charge in [-0.3, -0.25) is 0 Å². The Morgan fingerprint density at radius 1 is 0.735 bits per heavy atom. The highest BCUT2D eigenvalue weighted by molar-refractivity contribution is 7.78. The minimum Gasteiger partial charge on any atom is -0.374 e. The molecule has 0 aromatic heterocycles. The van der Waals surface area contributed by atoms with Crippen LogP contribution in [0.2, 0.25) is 0 Å². The van der Waals surface area contributed by atoms with E-state index in [2.05, 4.69) is 10.2 Å². The molecule has 1 aliphatic heterocycles. The minimum absolute atomic E-state index is 0.215. The van der Waals surface area contributed by atoms with E-state index < -0.39 is 6.23 Å². The largest absolute Gasteiger partial charge is 0.374 e. The van der Waals surface area contributed by atoms with Gasteiger partial charge in [0, 0.05) is 6.42 Å². The second kappa shape index (κ2) is 13.3. The number of aliphatic imine (C=N–C) groups is 1. The van der Waals surface area contributed by atoms with Crippen molar-refractivity contribution in [2.75, 3.05) is 6.61 Å². The number of isothiocyanates is 1. The fourth-order valence-electron chi connectivity index (χ4n) is 3.91. The summed E-state index contributed by atoms with van der Waals surface area (Å²) >= 11 is 4.88. The van der Waals surface area contributed by atoms with E-state index in [4.69, 9.17) is 31.2 Å².